The highest BCUT2D eigenvalue weighted by Gasteiger charge is 2.56. The topological polar surface area (TPSA) is 170 Å². The zero-order valence-electron chi connectivity index (χ0n) is 13.8. The minimum absolute atomic E-state index is 0.214. The van der Waals surface area contributed by atoms with Gasteiger partial charge in [0.2, 0.25) is 0 Å². The van der Waals surface area contributed by atoms with Crippen molar-refractivity contribution in [1.82, 2.24) is 19.5 Å². The van der Waals surface area contributed by atoms with Crippen LogP contribution < -0.4 is 15.5 Å². The second-order valence-corrected chi connectivity index (χ2v) is 7.61. The van der Waals surface area contributed by atoms with E-state index in [4.69, 9.17) is 19.9 Å². The zero-order valence-corrected chi connectivity index (χ0v) is 14.7. The summed E-state index contributed by atoms with van der Waals surface area (Å²) in [6, 6.07) is 0. The van der Waals surface area contributed by atoms with E-state index < -0.39 is 44.8 Å². The highest BCUT2D eigenvalue weighted by molar-refractivity contribution is 7.43. The van der Waals surface area contributed by atoms with Gasteiger partial charge in [-0.3, -0.25) is 4.57 Å². The lowest BCUT2D eigenvalue weighted by atomic mass is 10.1. The van der Waals surface area contributed by atoms with Crippen molar-refractivity contribution in [1.29, 1.82) is 0 Å². The molecule has 0 aromatic carbocycles. The third-order valence-corrected chi connectivity index (χ3v) is 4.65. The van der Waals surface area contributed by atoms with Crippen LogP contribution in [0.2, 0.25) is 0 Å². The Bertz CT molecular complexity index is 883. The fraction of sp³-hybridized carbons (Fsp3) is 0.615. The van der Waals surface area contributed by atoms with Crippen molar-refractivity contribution in [2.75, 3.05) is 12.3 Å². The van der Waals surface area contributed by atoms with Gasteiger partial charge in [0, 0.05) is 0 Å². The number of rotatable bonds is 4. The Labute approximate surface area is 147 Å². The largest absolute Gasteiger partial charge is 0.790 e. The van der Waals surface area contributed by atoms with Gasteiger partial charge >= 0.3 is 0 Å². The molecule has 0 bridgehead atoms. The van der Waals surface area contributed by atoms with Crippen LogP contribution in [0.3, 0.4) is 0 Å². The molecular weight excluding hydrogens is 369 g/mol. The molecule has 2 aromatic rings. The summed E-state index contributed by atoms with van der Waals surface area (Å²) in [5.74, 6) is -0.704. The van der Waals surface area contributed by atoms with Crippen LogP contribution in [0.25, 0.3) is 11.2 Å². The van der Waals surface area contributed by atoms with Gasteiger partial charge in [-0.2, -0.15) is 0 Å². The molecule has 2 fully saturated rings. The Hall–Kier alpha value is -1.66. The van der Waals surface area contributed by atoms with E-state index in [2.05, 4.69) is 19.5 Å². The number of anilines is 1. The standard InChI is InChI=1S/C13H18N5O7P/c1-13(2)24-8-6(3-22-26(19,20)21)23-12(9(8)25-13)18-5-17-7-10(14)15-4-16-11(7)18/h4-6,8-9,12H,3H2,1-2H3,(H2,14,15,16)(H2,19,20,21)/p-2/t6-,8-,9-,12-/m1/s1. The number of aromatic nitrogens is 4. The smallest absolute Gasteiger partial charge is 0.167 e. The Morgan fingerprint density at radius 3 is 2.77 bits per heavy atom. The number of phosphoric acid groups is 1. The summed E-state index contributed by atoms with van der Waals surface area (Å²) in [5, 5.41) is 0. The van der Waals surface area contributed by atoms with E-state index in [0.717, 1.165) is 0 Å². The van der Waals surface area contributed by atoms with Crippen LogP contribution in [0, 0.1) is 0 Å². The minimum Gasteiger partial charge on any atom is -0.790 e. The normalized spacial score (nSPS) is 30.8. The molecule has 2 aliphatic rings. The zero-order chi connectivity index (χ0) is 18.7. The third kappa shape index (κ3) is 3.09. The molecule has 0 spiro atoms. The molecule has 4 atom stereocenters. The van der Waals surface area contributed by atoms with Crippen molar-refractivity contribution < 1.29 is 33.1 Å². The lowest BCUT2D eigenvalue weighted by Crippen LogP contribution is -2.34. The summed E-state index contributed by atoms with van der Waals surface area (Å²) in [7, 11) is -5.14. The lowest BCUT2D eigenvalue weighted by Gasteiger charge is -2.31. The first-order valence-corrected chi connectivity index (χ1v) is 9.21. The third-order valence-electron chi connectivity index (χ3n) is 4.18. The van der Waals surface area contributed by atoms with Gasteiger partial charge in [-0.25, -0.2) is 15.0 Å². The van der Waals surface area contributed by atoms with Crippen LogP contribution in [-0.4, -0.2) is 50.2 Å². The summed E-state index contributed by atoms with van der Waals surface area (Å²) in [6.45, 7) is 2.96. The Morgan fingerprint density at radius 1 is 1.31 bits per heavy atom. The van der Waals surface area contributed by atoms with E-state index in [0.29, 0.717) is 11.2 Å². The second kappa shape index (κ2) is 5.92. The quantitative estimate of drug-likeness (QED) is 0.619. The summed E-state index contributed by atoms with van der Waals surface area (Å²) in [5.41, 5.74) is 6.62. The number of nitrogens with two attached hydrogens (primary N) is 1. The van der Waals surface area contributed by atoms with Crippen LogP contribution in [0.5, 0.6) is 0 Å². The van der Waals surface area contributed by atoms with Crippen LogP contribution in [0.15, 0.2) is 12.7 Å². The highest BCUT2D eigenvalue weighted by Crippen LogP contribution is 2.44. The predicted molar refractivity (Wildman–Crippen MR) is 81.0 cm³/mol. The molecule has 2 aliphatic heterocycles. The molecule has 13 heteroatoms. The van der Waals surface area contributed by atoms with Crippen molar-refractivity contribution in [2.24, 2.45) is 0 Å². The van der Waals surface area contributed by atoms with Crippen molar-refractivity contribution in [3.8, 4) is 0 Å². The molecule has 0 unspecified atom stereocenters. The molecule has 2 N–H and O–H groups in total. The van der Waals surface area contributed by atoms with Crippen molar-refractivity contribution in [2.45, 2.75) is 44.2 Å². The van der Waals surface area contributed by atoms with Crippen LogP contribution in [0.1, 0.15) is 20.1 Å². The van der Waals surface area contributed by atoms with Gasteiger partial charge in [-0.1, -0.05) is 0 Å². The van der Waals surface area contributed by atoms with Crippen LogP contribution >= 0.6 is 7.82 Å². The SMILES string of the molecule is CC1(C)O[C@@H]2[C@H](O1)[C@@H](COP(=O)([O-])[O-])O[C@H]2n1cnc2c(N)ncnc21. The van der Waals surface area contributed by atoms with E-state index in [-0.39, 0.29) is 5.82 Å². The summed E-state index contributed by atoms with van der Waals surface area (Å²) in [4.78, 5) is 33.8. The number of imidazole rings is 1. The van der Waals surface area contributed by atoms with E-state index >= 15 is 0 Å². The molecule has 0 radical (unpaired) electrons. The number of ether oxygens (including phenoxy) is 3. The maximum absolute atomic E-state index is 10.8. The minimum atomic E-state index is -5.14. The molecule has 26 heavy (non-hydrogen) atoms. The molecule has 2 aromatic heterocycles. The second-order valence-electron chi connectivity index (χ2n) is 6.46. The fourth-order valence-corrected chi connectivity index (χ4v) is 3.57. The number of nitrogens with zero attached hydrogens (tertiary/aromatic N) is 4. The van der Waals surface area contributed by atoms with Crippen molar-refractivity contribution in [3.05, 3.63) is 12.7 Å². The van der Waals surface area contributed by atoms with Gasteiger partial charge in [0.25, 0.3) is 0 Å². The molecule has 2 saturated heterocycles. The van der Waals surface area contributed by atoms with E-state index in [1.165, 1.54) is 12.7 Å². The molecule has 142 valence electrons. The van der Waals surface area contributed by atoms with E-state index in [1.807, 2.05) is 0 Å². The average molecular weight is 385 g/mol. The van der Waals surface area contributed by atoms with Crippen molar-refractivity contribution >= 4 is 24.8 Å². The van der Waals surface area contributed by atoms with Crippen LogP contribution in [-0.2, 0) is 23.3 Å². The van der Waals surface area contributed by atoms with Crippen LogP contribution in [0.4, 0.5) is 5.82 Å². The van der Waals surface area contributed by atoms with E-state index in [9.17, 15) is 14.4 Å². The maximum Gasteiger partial charge on any atom is 0.167 e. The maximum atomic E-state index is 10.8. The average Bonchev–Trinajstić information content (AvgIpc) is 3.16. The summed E-state index contributed by atoms with van der Waals surface area (Å²) >= 11 is 0. The van der Waals surface area contributed by atoms with Gasteiger partial charge in [-0.15, -0.1) is 0 Å². The number of phosphoric ester groups is 1. The number of hydrogen-bond acceptors (Lipinski definition) is 11. The molecule has 0 aliphatic carbocycles. The van der Waals surface area contributed by atoms with Gasteiger partial charge in [-0.05, 0) is 13.8 Å². The monoisotopic (exact) mass is 385 g/mol. The predicted octanol–water partition coefficient (Wildman–Crippen LogP) is -1.33. The Morgan fingerprint density at radius 2 is 2.04 bits per heavy atom. The van der Waals surface area contributed by atoms with Gasteiger partial charge in [0.1, 0.15) is 30.2 Å². The number of fused-ring (bicyclic) bond motifs is 2. The Kier molecular flexibility index (Phi) is 4.04. The van der Waals surface area contributed by atoms with Gasteiger partial charge < -0.3 is 38.8 Å². The van der Waals surface area contributed by atoms with E-state index in [1.54, 1.807) is 18.4 Å². The molecule has 4 heterocycles. The first-order valence-electron chi connectivity index (χ1n) is 7.75. The molecular formula is C13H16N5O7P-2. The van der Waals surface area contributed by atoms with Gasteiger partial charge in [0.15, 0.2) is 23.5 Å². The first kappa shape index (κ1) is 17.7. The lowest BCUT2D eigenvalue weighted by molar-refractivity contribution is -0.343. The van der Waals surface area contributed by atoms with Gasteiger partial charge in [0.05, 0.1) is 20.8 Å². The Balaban J connectivity index is 1.67. The number of nitrogen functional groups attached to an aromatic ring is 1. The molecule has 4 rings (SSSR count). The van der Waals surface area contributed by atoms with Crippen molar-refractivity contribution in [3.63, 3.8) is 0 Å². The first-order chi connectivity index (χ1) is 12.1. The molecule has 0 amide bonds. The summed E-state index contributed by atoms with van der Waals surface area (Å²) in [6.07, 6.45) is -0.0270. The molecule has 0 saturated carbocycles. The number of hydrogen-bond donors (Lipinski definition) is 1. The molecule has 12 nitrogen and oxygen atoms in total. The fourth-order valence-electron chi connectivity index (χ4n) is 3.24. The highest BCUT2D eigenvalue weighted by atomic mass is 31.2. The summed E-state index contributed by atoms with van der Waals surface area (Å²) < 4.78 is 34.3.